The van der Waals surface area contributed by atoms with Crippen molar-refractivity contribution in [2.45, 2.75) is 12.5 Å². The number of hydrogen-bond donors (Lipinski definition) is 1. The van der Waals surface area contributed by atoms with Crippen LogP contribution in [0.5, 0.6) is 5.75 Å². The maximum atomic E-state index is 10.7. The monoisotopic (exact) mass is 177 g/mol. The summed E-state index contributed by atoms with van der Waals surface area (Å²) in [5.74, 6) is 0.950. The molecule has 0 spiro atoms. The van der Waals surface area contributed by atoms with E-state index in [1.807, 2.05) is 24.3 Å². The maximum absolute atomic E-state index is 10.7. The van der Waals surface area contributed by atoms with Crippen molar-refractivity contribution < 1.29 is 9.53 Å². The van der Waals surface area contributed by atoms with Gasteiger partial charge in [-0.3, -0.25) is 4.79 Å². The largest absolute Gasteiger partial charge is 0.497 e. The first-order chi connectivity index (χ1) is 6.29. The van der Waals surface area contributed by atoms with Crippen LogP contribution in [0.25, 0.3) is 0 Å². The van der Waals surface area contributed by atoms with Crippen LogP contribution >= 0.6 is 0 Å². The van der Waals surface area contributed by atoms with E-state index in [4.69, 9.17) is 4.74 Å². The van der Waals surface area contributed by atoms with Gasteiger partial charge in [-0.05, 0) is 17.7 Å². The summed E-state index contributed by atoms with van der Waals surface area (Å²) in [6.07, 6.45) is 0.590. The van der Waals surface area contributed by atoms with Gasteiger partial charge in [-0.2, -0.15) is 0 Å². The minimum atomic E-state index is 0.118. The van der Waals surface area contributed by atoms with Crippen LogP contribution in [0.2, 0.25) is 0 Å². The van der Waals surface area contributed by atoms with E-state index in [-0.39, 0.29) is 11.9 Å². The number of nitrogens with one attached hydrogen (secondary N) is 1. The summed E-state index contributed by atoms with van der Waals surface area (Å²) in [6.45, 7) is 0. The molecule has 13 heavy (non-hydrogen) atoms. The molecular formula is C10H11NO2. The van der Waals surface area contributed by atoms with Gasteiger partial charge < -0.3 is 10.1 Å². The molecular weight excluding hydrogens is 166 g/mol. The van der Waals surface area contributed by atoms with Gasteiger partial charge in [-0.25, -0.2) is 0 Å². The van der Waals surface area contributed by atoms with Crippen LogP contribution < -0.4 is 10.1 Å². The van der Waals surface area contributed by atoms with Gasteiger partial charge in [0.1, 0.15) is 5.75 Å². The Bertz CT molecular complexity index is 327. The van der Waals surface area contributed by atoms with E-state index in [1.165, 1.54) is 0 Å². The van der Waals surface area contributed by atoms with Crippen molar-refractivity contribution in [3.05, 3.63) is 29.8 Å². The predicted molar refractivity (Wildman–Crippen MR) is 48.5 cm³/mol. The average molecular weight is 177 g/mol. The normalized spacial score (nSPS) is 20.4. The van der Waals surface area contributed by atoms with E-state index in [1.54, 1.807) is 7.11 Å². The Labute approximate surface area is 76.7 Å². The van der Waals surface area contributed by atoms with Crippen LogP contribution in [0.1, 0.15) is 18.0 Å². The summed E-state index contributed by atoms with van der Waals surface area (Å²) in [5, 5.41) is 2.82. The smallest absolute Gasteiger partial charge is 0.222 e. The first kappa shape index (κ1) is 8.10. The molecule has 1 aliphatic rings. The Kier molecular flexibility index (Phi) is 1.93. The second-order valence-corrected chi connectivity index (χ2v) is 3.10. The molecule has 68 valence electrons. The lowest BCUT2D eigenvalue weighted by molar-refractivity contribution is -0.128. The number of carbonyl (C=O) groups excluding carboxylic acids is 1. The molecule has 0 aliphatic carbocycles. The Morgan fingerprint density at radius 2 is 2.31 bits per heavy atom. The van der Waals surface area contributed by atoms with Gasteiger partial charge in [-0.1, -0.05) is 12.1 Å². The fraction of sp³-hybridized carbons (Fsp3) is 0.300. The number of benzene rings is 1. The zero-order valence-corrected chi connectivity index (χ0v) is 7.41. The Hall–Kier alpha value is -1.51. The second kappa shape index (κ2) is 3.09. The Morgan fingerprint density at radius 1 is 1.54 bits per heavy atom. The summed E-state index contributed by atoms with van der Waals surface area (Å²) < 4.78 is 5.09. The molecule has 0 radical (unpaired) electrons. The van der Waals surface area contributed by atoms with Crippen LogP contribution in [0, 0.1) is 0 Å². The van der Waals surface area contributed by atoms with Crippen LogP contribution in [-0.4, -0.2) is 13.0 Å². The first-order valence-corrected chi connectivity index (χ1v) is 4.23. The molecule has 1 saturated heterocycles. The van der Waals surface area contributed by atoms with Gasteiger partial charge in [0, 0.05) is 0 Å². The molecule has 1 atom stereocenters. The minimum absolute atomic E-state index is 0.118. The first-order valence-electron chi connectivity index (χ1n) is 4.23. The highest BCUT2D eigenvalue weighted by Gasteiger charge is 2.26. The Balaban J connectivity index is 2.16. The number of carbonyl (C=O) groups is 1. The Morgan fingerprint density at radius 3 is 2.92 bits per heavy atom. The van der Waals surface area contributed by atoms with Crippen molar-refractivity contribution in [3.8, 4) is 5.75 Å². The lowest BCUT2D eigenvalue weighted by atomic mass is 9.97. The molecule has 2 rings (SSSR count). The van der Waals surface area contributed by atoms with Crippen molar-refractivity contribution >= 4 is 5.91 Å². The van der Waals surface area contributed by atoms with Crippen LogP contribution in [0.3, 0.4) is 0 Å². The SMILES string of the molecule is COc1cccc([C@H]2CC(=O)N2)c1. The van der Waals surface area contributed by atoms with E-state index in [0.29, 0.717) is 6.42 Å². The molecule has 0 bridgehead atoms. The molecule has 0 saturated carbocycles. The van der Waals surface area contributed by atoms with Crippen LogP contribution in [-0.2, 0) is 4.79 Å². The van der Waals surface area contributed by atoms with E-state index in [2.05, 4.69) is 5.32 Å². The number of methoxy groups -OCH3 is 1. The molecule has 1 aromatic rings. The zero-order valence-electron chi connectivity index (χ0n) is 7.41. The molecule has 1 amide bonds. The number of rotatable bonds is 2. The van der Waals surface area contributed by atoms with Crippen molar-refractivity contribution in [3.63, 3.8) is 0 Å². The van der Waals surface area contributed by atoms with Crippen LogP contribution in [0.15, 0.2) is 24.3 Å². The van der Waals surface area contributed by atoms with Gasteiger partial charge in [0.2, 0.25) is 5.91 Å². The van der Waals surface area contributed by atoms with Crippen molar-refractivity contribution in [2.24, 2.45) is 0 Å². The molecule has 1 aliphatic heterocycles. The van der Waals surface area contributed by atoms with Crippen molar-refractivity contribution in [1.29, 1.82) is 0 Å². The number of ether oxygens (including phenoxy) is 1. The molecule has 0 aromatic heterocycles. The molecule has 3 heteroatoms. The van der Waals surface area contributed by atoms with Crippen molar-refractivity contribution in [1.82, 2.24) is 5.32 Å². The highest BCUT2D eigenvalue weighted by atomic mass is 16.5. The standard InChI is InChI=1S/C10H11NO2/c1-13-8-4-2-3-7(5-8)9-6-10(12)11-9/h2-5,9H,6H2,1H3,(H,11,12)/t9-/m1/s1. The fourth-order valence-corrected chi connectivity index (χ4v) is 1.42. The highest BCUT2D eigenvalue weighted by molar-refractivity contribution is 5.83. The van der Waals surface area contributed by atoms with E-state index >= 15 is 0 Å². The summed E-state index contributed by atoms with van der Waals surface area (Å²) in [7, 11) is 1.64. The third-order valence-corrected chi connectivity index (χ3v) is 2.22. The summed E-state index contributed by atoms with van der Waals surface area (Å²) in [6, 6.07) is 7.95. The second-order valence-electron chi connectivity index (χ2n) is 3.10. The lowest BCUT2D eigenvalue weighted by Crippen LogP contribution is -2.41. The zero-order chi connectivity index (χ0) is 9.26. The molecule has 1 aromatic carbocycles. The van der Waals surface area contributed by atoms with Gasteiger partial charge >= 0.3 is 0 Å². The van der Waals surface area contributed by atoms with E-state index in [9.17, 15) is 4.79 Å². The topological polar surface area (TPSA) is 38.3 Å². The van der Waals surface area contributed by atoms with Gasteiger partial charge in [0.05, 0.1) is 19.6 Å². The fourth-order valence-electron chi connectivity index (χ4n) is 1.42. The van der Waals surface area contributed by atoms with E-state index in [0.717, 1.165) is 11.3 Å². The van der Waals surface area contributed by atoms with Gasteiger partial charge in [0.15, 0.2) is 0 Å². The van der Waals surface area contributed by atoms with Crippen LogP contribution in [0.4, 0.5) is 0 Å². The molecule has 3 nitrogen and oxygen atoms in total. The summed E-state index contributed by atoms with van der Waals surface area (Å²) in [5.41, 5.74) is 1.11. The summed E-state index contributed by atoms with van der Waals surface area (Å²) >= 11 is 0. The third-order valence-electron chi connectivity index (χ3n) is 2.22. The van der Waals surface area contributed by atoms with Gasteiger partial charge in [-0.15, -0.1) is 0 Å². The minimum Gasteiger partial charge on any atom is -0.497 e. The quantitative estimate of drug-likeness (QED) is 0.690. The molecule has 1 fully saturated rings. The number of amides is 1. The number of hydrogen-bond acceptors (Lipinski definition) is 2. The molecule has 1 N–H and O–H groups in total. The lowest BCUT2D eigenvalue weighted by Gasteiger charge is -2.27. The summed E-state index contributed by atoms with van der Waals surface area (Å²) in [4.78, 5) is 10.7. The van der Waals surface area contributed by atoms with Crippen molar-refractivity contribution in [2.75, 3.05) is 7.11 Å². The molecule has 1 heterocycles. The molecule has 0 unspecified atom stereocenters. The number of β-lactam (4-membered cyclic amide) rings is 1. The third kappa shape index (κ3) is 1.49. The van der Waals surface area contributed by atoms with E-state index < -0.39 is 0 Å². The average Bonchev–Trinajstić information content (AvgIpc) is 2.13. The predicted octanol–water partition coefficient (Wildman–Crippen LogP) is 1.26. The maximum Gasteiger partial charge on any atom is 0.222 e. The highest BCUT2D eigenvalue weighted by Crippen LogP contribution is 2.26. The van der Waals surface area contributed by atoms with Gasteiger partial charge in [0.25, 0.3) is 0 Å².